The van der Waals surface area contributed by atoms with Gasteiger partial charge in [0, 0.05) is 0 Å². The average Bonchev–Trinajstić information content (AvgIpc) is 2.49. The molecule has 1 aliphatic carbocycles. The lowest BCUT2D eigenvalue weighted by molar-refractivity contribution is 0.227. The Kier molecular flexibility index (Phi) is 8.30. The van der Waals surface area contributed by atoms with E-state index in [0.717, 1.165) is 32.1 Å². The first-order chi connectivity index (χ1) is 10.4. The lowest BCUT2D eigenvalue weighted by Gasteiger charge is -2.23. The molecule has 0 spiro atoms. The highest BCUT2D eigenvalue weighted by atomic mass is 32.1. The summed E-state index contributed by atoms with van der Waals surface area (Å²) in [5.41, 5.74) is 4.56. The molecule has 0 atom stereocenters. The molecule has 0 radical (unpaired) electrons. The standard InChI is InChI=1S/C15H29N5OS/c1-4-5-11-13(22)18-19-14(21)16-15(2,3)20-17-12-9-7-6-8-10-12/h12H,4-11H2,1-3H3,(H,18,22)(H2,16,19,21). The first-order valence-corrected chi connectivity index (χ1v) is 8.63. The lowest BCUT2D eigenvalue weighted by atomic mass is 9.96. The van der Waals surface area contributed by atoms with Crippen LogP contribution in [-0.2, 0) is 0 Å². The zero-order valence-corrected chi connectivity index (χ0v) is 14.8. The van der Waals surface area contributed by atoms with E-state index in [1.54, 1.807) is 0 Å². The number of nitrogens with zero attached hydrogens (tertiary/aromatic N) is 2. The van der Waals surface area contributed by atoms with Crippen LogP contribution in [0.5, 0.6) is 0 Å². The van der Waals surface area contributed by atoms with Crippen LogP contribution in [0.15, 0.2) is 10.2 Å². The predicted molar refractivity (Wildman–Crippen MR) is 92.7 cm³/mol. The molecular weight excluding hydrogens is 298 g/mol. The highest BCUT2D eigenvalue weighted by molar-refractivity contribution is 7.80. The van der Waals surface area contributed by atoms with Gasteiger partial charge in [0.25, 0.3) is 0 Å². The molecule has 6 nitrogen and oxygen atoms in total. The number of hydrazine groups is 1. The van der Waals surface area contributed by atoms with E-state index in [1.807, 2.05) is 13.8 Å². The van der Waals surface area contributed by atoms with E-state index in [9.17, 15) is 4.79 Å². The second-order valence-corrected chi connectivity index (χ2v) is 6.79. The van der Waals surface area contributed by atoms with Crippen molar-refractivity contribution in [1.82, 2.24) is 16.2 Å². The molecule has 0 aromatic carbocycles. The average molecular weight is 327 g/mol. The van der Waals surface area contributed by atoms with Gasteiger partial charge in [-0.2, -0.15) is 10.2 Å². The van der Waals surface area contributed by atoms with Crippen molar-refractivity contribution in [3.63, 3.8) is 0 Å². The fourth-order valence-corrected chi connectivity index (χ4v) is 2.48. The predicted octanol–water partition coefficient (Wildman–Crippen LogP) is 3.83. The quantitative estimate of drug-likeness (QED) is 0.394. The number of hydrogen-bond acceptors (Lipinski definition) is 4. The summed E-state index contributed by atoms with van der Waals surface area (Å²) in [5, 5.41) is 11.4. The molecule has 0 aliphatic heterocycles. The van der Waals surface area contributed by atoms with E-state index < -0.39 is 5.66 Å². The molecule has 1 fully saturated rings. The fourth-order valence-electron chi connectivity index (χ4n) is 2.28. The maximum absolute atomic E-state index is 11.8. The SMILES string of the molecule is CCCCC(=S)NNC(=O)NC(C)(C)N=NC1CCCCC1. The van der Waals surface area contributed by atoms with Gasteiger partial charge in [-0.25, -0.2) is 4.79 Å². The summed E-state index contributed by atoms with van der Waals surface area (Å²) in [6, 6.07) is -0.0518. The summed E-state index contributed by atoms with van der Waals surface area (Å²) in [4.78, 5) is 12.5. The summed E-state index contributed by atoms with van der Waals surface area (Å²) in [7, 11) is 0. The summed E-state index contributed by atoms with van der Waals surface area (Å²) in [6.07, 6.45) is 8.78. The highest BCUT2D eigenvalue weighted by Crippen LogP contribution is 2.21. The molecule has 0 bridgehead atoms. The van der Waals surface area contributed by atoms with Crippen LogP contribution in [0, 0.1) is 0 Å². The second kappa shape index (κ2) is 9.71. The molecule has 0 unspecified atom stereocenters. The van der Waals surface area contributed by atoms with Gasteiger partial charge in [-0.15, -0.1) is 0 Å². The third-order valence-electron chi connectivity index (χ3n) is 3.54. The number of rotatable bonds is 6. The Morgan fingerprint density at radius 3 is 2.55 bits per heavy atom. The number of urea groups is 1. The summed E-state index contributed by atoms with van der Waals surface area (Å²) in [6.45, 7) is 5.76. The van der Waals surface area contributed by atoms with Gasteiger partial charge in [-0.1, -0.05) is 44.8 Å². The fraction of sp³-hybridized carbons (Fsp3) is 0.867. The molecule has 1 rings (SSSR count). The van der Waals surface area contributed by atoms with E-state index in [0.29, 0.717) is 11.0 Å². The van der Waals surface area contributed by atoms with Gasteiger partial charge in [0.1, 0.15) is 5.66 Å². The lowest BCUT2D eigenvalue weighted by Crippen LogP contribution is -2.52. The Hall–Kier alpha value is -1.24. The Morgan fingerprint density at radius 2 is 1.91 bits per heavy atom. The normalized spacial score (nSPS) is 16.5. The van der Waals surface area contributed by atoms with Crippen LogP contribution in [-0.4, -0.2) is 22.7 Å². The number of carbonyl (C=O) groups is 1. The van der Waals surface area contributed by atoms with Crippen molar-refractivity contribution in [1.29, 1.82) is 0 Å². The molecule has 0 aromatic rings. The largest absolute Gasteiger partial charge is 0.335 e. The molecular formula is C15H29N5OS. The van der Waals surface area contributed by atoms with Crippen LogP contribution in [0.1, 0.15) is 72.1 Å². The van der Waals surface area contributed by atoms with E-state index in [2.05, 4.69) is 33.3 Å². The van der Waals surface area contributed by atoms with Crippen molar-refractivity contribution >= 4 is 23.2 Å². The van der Waals surface area contributed by atoms with Gasteiger partial charge in [0.2, 0.25) is 0 Å². The van der Waals surface area contributed by atoms with Crippen molar-refractivity contribution in [2.75, 3.05) is 0 Å². The zero-order chi connectivity index (χ0) is 16.4. The van der Waals surface area contributed by atoms with Crippen LogP contribution >= 0.6 is 12.2 Å². The highest BCUT2D eigenvalue weighted by Gasteiger charge is 2.21. The van der Waals surface area contributed by atoms with Gasteiger partial charge in [0.05, 0.1) is 11.0 Å². The first-order valence-electron chi connectivity index (χ1n) is 8.22. The van der Waals surface area contributed by atoms with Crippen molar-refractivity contribution in [3.05, 3.63) is 0 Å². The minimum absolute atomic E-state index is 0.303. The minimum atomic E-state index is -0.728. The van der Waals surface area contributed by atoms with E-state index in [1.165, 1.54) is 19.3 Å². The third-order valence-corrected chi connectivity index (χ3v) is 3.84. The van der Waals surface area contributed by atoms with E-state index in [4.69, 9.17) is 12.2 Å². The summed E-state index contributed by atoms with van der Waals surface area (Å²) >= 11 is 5.12. The maximum atomic E-state index is 11.8. The van der Waals surface area contributed by atoms with Crippen LogP contribution in [0.3, 0.4) is 0 Å². The van der Waals surface area contributed by atoms with Gasteiger partial charge >= 0.3 is 6.03 Å². The maximum Gasteiger partial charge on any atom is 0.335 e. The second-order valence-electron chi connectivity index (χ2n) is 6.30. The minimum Gasteiger partial charge on any atom is -0.311 e. The number of carbonyl (C=O) groups excluding carboxylic acids is 1. The van der Waals surface area contributed by atoms with Crippen molar-refractivity contribution in [2.24, 2.45) is 10.2 Å². The number of thiocarbonyl (C=S) groups is 1. The Morgan fingerprint density at radius 1 is 1.23 bits per heavy atom. The Balaban J connectivity index is 2.31. The van der Waals surface area contributed by atoms with Gasteiger partial charge in [0.15, 0.2) is 0 Å². The van der Waals surface area contributed by atoms with Crippen LogP contribution in [0.25, 0.3) is 0 Å². The molecule has 126 valence electrons. The number of unbranched alkanes of at least 4 members (excludes halogenated alkanes) is 1. The molecule has 1 aliphatic rings. The number of amides is 2. The van der Waals surface area contributed by atoms with E-state index in [-0.39, 0.29) is 6.03 Å². The van der Waals surface area contributed by atoms with E-state index >= 15 is 0 Å². The molecule has 22 heavy (non-hydrogen) atoms. The van der Waals surface area contributed by atoms with Crippen molar-refractivity contribution in [3.8, 4) is 0 Å². The molecule has 0 aromatic heterocycles. The molecule has 7 heteroatoms. The number of hydrogen-bond donors (Lipinski definition) is 3. The summed E-state index contributed by atoms with van der Waals surface area (Å²) < 4.78 is 0. The Labute approximate surface area is 138 Å². The van der Waals surface area contributed by atoms with Crippen molar-refractivity contribution in [2.45, 2.75) is 83.8 Å². The van der Waals surface area contributed by atoms with Crippen molar-refractivity contribution < 1.29 is 4.79 Å². The molecule has 3 N–H and O–H groups in total. The smallest absolute Gasteiger partial charge is 0.311 e. The molecule has 2 amide bonds. The van der Waals surface area contributed by atoms with Gasteiger partial charge in [-0.05, 0) is 39.5 Å². The number of nitrogens with one attached hydrogen (secondary N) is 3. The monoisotopic (exact) mass is 327 g/mol. The molecule has 0 saturated heterocycles. The topological polar surface area (TPSA) is 77.9 Å². The number of azo groups is 1. The van der Waals surface area contributed by atoms with Gasteiger partial charge in [-0.3, -0.25) is 10.9 Å². The Bertz CT molecular complexity index is 391. The molecule has 1 saturated carbocycles. The van der Waals surface area contributed by atoms with Gasteiger partial charge < -0.3 is 5.32 Å². The van der Waals surface area contributed by atoms with Crippen LogP contribution in [0.2, 0.25) is 0 Å². The third kappa shape index (κ3) is 8.26. The summed E-state index contributed by atoms with van der Waals surface area (Å²) in [5.74, 6) is 0. The van der Waals surface area contributed by atoms with Crippen LogP contribution < -0.4 is 16.2 Å². The van der Waals surface area contributed by atoms with Crippen LogP contribution in [0.4, 0.5) is 4.79 Å². The molecule has 0 heterocycles. The zero-order valence-electron chi connectivity index (χ0n) is 13.9. The first kappa shape index (κ1) is 18.8.